The summed E-state index contributed by atoms with van der Waals surface area (Å²) in [6.45, 7) is 2.55. The molecule has 0 aliphatic carbocycles. The number of benzene rings is 1. The van der Waals surface area contributed by atoms with E-state index in [0.29, 0.717) is 6.54 Å². The summed E-state index contributed by atoms with van der Waals surface area (Å²) in [5.74, 6) is 1.43. The van der Waals surface area contributed by atoms with Gasteiger partial charge in [0.25, 0.3) is 0 Å². The van der Waals surface area contributed by atoms with Gasteiger partial charge in [0.1, 0.15) is 5.51 Å². The number of carbonyl (C=O) groups excluding carboxylic acids is 1. The molecule has 3 rings (SSSR count). The predicted octanol–water partition coefficient (Wildman–Crippen LogP) is 2.06. The highest BCUT2D eigenvalue weighted by molar-refractivity contribution is 8.02. The SMILES string of the molecule is C[C@H](Sc1nncs1)C(=O)NCc1ccc2c(c1)OCO2. The second kappa shape index (κ2) is 6.31. The Labute approximate surface area is 129 Å². The van der Waals surface area contributed by atoms with Crippen LogP contribution in [0.2, 0.25) is 0 Å². The minimum atomic E-state index is -0.216. The lowest BCUT2D eigenvalue weighted by atomic mass is 10.2. The van der Waals surface area contributed by atoms with Crippen LogP contribution in [0.3, 0.4) is 0 Å². The molecule has 0 radical (unpaired) electrons. The largest absolute Gasteiger partial charge is 0.454 e. The Morgan fingerprint density at radius 3 is 3.14 bits per heavy atom. The van der Waals surface area contributed by atoms with Crippen molar-refractivity contribution in [2.75, 3.05) is 6.79 Å². The van der Waals surface area contributed by atoms with E-state index in [2.05, 4.69) is 15.5 Å². The molecule has 0 unspecified atom stereocenters. The van der Waals surface area contributed by atoms with Crippen molar-refractivity contribution in [3.63, 3.8) is 0 Å². The Morgan fingerprint density at radius 1 is 1.48 bits per heavy atom. The van der Waals surface area contributed by atoms with Gasteiger partial charge in [-0.3, -0.25) is 4.79 Å². The molecule has 6 nitrogen and oxygen atoms in total. The van der Waals surface area contributed by atoms with Crippen molar-refractivity contribution in [3.05, 3.63) is 29.3 Å². The molecule has 0 saturated carbocycles. The molecule has 2 aromatic rings. The van der Waals surface area contributed by atoms with Crippen LogP contribution < -0.4 is 14.8 Å². The third-order valence-electron chi connectivity index (χ3n) is 2.89. The molecule has 110 valence electrons. The second-order valence-electron chi connectivity index (χ2n) is 4.37. The number of hydrogen-bond donors (Lipinski definition) is 1. The third-order valence-corrected chi connectivity index (χ3v) is 4.80. The molecular weight excluding hydrogens is 310 g/mol. The summed E-state index contributed by atoms with van der Waals surface area (Å²) >= 11 is 2.83. The lowest BCUT2D eigenvalue weighted by Crippen LogP contribution is -2.30. The van der Waals surface area contributed by atoms with Gasteiger partial charge in [-0.05, 0) is 24.6 Å². The number of rotatable bonds is 5. The van der Waals surface area contributed by atoms with Crippen LogP contribution in [0.5, 0.6) is 11.5 Å². The maximum atomic E-state index is 12.0. The summed E-state index contributed by atoms with van der Waals surface area (Å²) in [5, 5.41) is 10.4. The van der Waals surface area contributed by atoms with Crippen molar-refractivity contribution in [1.29, 1.82) is 0 Å². The van der Waals surface area contributed by atoms with E-state index in [1.807, 2.05) is 25.1 Å². The van der Waals surface area contributed by atoms with Crippen LogP contribution in [0.15, 0.2) is 28.0 Å². The first-order valence-electron chi connectivity index (χ1n) is 6.31. The summed E-state index contributed by atoms with van der Waals surface area (Å²) in [6.07, 6.45) is 0. The molecule has 1 aromatic carbocycles. The predicted molar refractivity (Wildman–Crippen MR) is 79.6 cm³/mol. The number of fused-ring (bicyclic) bond motifs is 1. The molecule has 0 fully saturated rings. The highest BCUT2D eigenvalue weighted by atomic mass is 32.2. The maximum Gasteiger partial charge on any atom is 0.233 e. The molecule has 1 N–H and O–H groups in total. The van der Waals surface area contributed by atoms with Gasteiger partial charge in [-0.2, -0.15) is 0 Å². The molecule has 1 atom stereocenters. The lowest BCUT2D eigenvalue weighted by Gasteiger charge is -2.10. The van der Waals surface area contributed by atoms with E-state index >= 15 is 0 Å². The molecule has 1 aliphatic heterocycles. The highest BCUT2D eigenvalue weighted by Crippen LogP contribution is 2.32. The van der Waals surface area contributed by atoms with Gasteiger partial charge in [-0.25, -0.2) is 0 Å². The normalized spacial score (nSPS) is 14.0. The minimum Gasteiger partial charge on any atom is -0.454 e. The molecule has 0 saturated heterocycles. The molecule has 1 aromatic heterocycles. The monoisotopic (exact) mass is 323 g/mol. The average Bonchev–Trinajstić information content (AvgIpc) is 3.14. The molecule has 0 bridgehead atoms. The summed E-state index contributed by atoms with van der Waals surface area (Å²) in [6, 6.07) is 5.64. The molecule has 1 aliphatic rings. The van der Waals surface area contributed by atoms with Crippen LogP contribution in [0.1, 0.15) is 12.5 Å². The summed E-state index contributed by atoms with van der Waals surface area (Å²) < 4.78 is 11.4. The Bertz CT molecular complexity index is 634. The van der Waals surface area contributed by atoms with E-state index in [4.69, 9.17) is 9.47 Å². The first-order chi connectivity index (χ1) is 10.2. The standard InChI is InChI=1S/C13H13N3O3S2/c1-8(21-13-16-15-6-20-13)12(17)14-5-9-2-3-10-11(4-9)19-7-18-10/h2-4,6,8H,5,7H2,1H3,(H,14,17)/t8-/m0/s1. The third kappa shape index (κ3) is 3.45. The molecule has 8 heteroatoms. The van der Waals surface area contributed by atoms with Crippen LogP contribution in [-0.4, -0.2) is 28.1 Å². The number of nitrogens with zero attached hydrogens (tertiary/aromatic N) is 2. The van der Waals surface area contributed by atoms with Crippen LogP contribution in [-0.2, 0) is 11.3 Å². The Hall–Kier alpha value is -1.80. The summed E-state index contributed by atoms with van der Waals surface area (Å²) in [7, 11) is 0. The molecule has 1 amide bonds. The lowest BCUT2D eigenvalue weighted by molar-refractivity contribution is -0.120. The van der Waals surface area contributed by atoms with Gasteiger partial charge >= 0.3 is 0 Å². The zero-order valence-electron chi connectivity index (χ0n) is 11.2. The van der Waals surface area contributed by atoms with Gasteiger partial charge in [-0.15, -0.1) is 10.2 Å². The Kier molecular flexibility index (Phi) is 4.26. The Morgan fingerprint density at radius 2 is 2.33 bits per heavy atom. The molecule has 0 spiro atoms. The van der Waals surface area contributed by atoms with Crippen molar-refractivity contribution >= 4 is 29.0 Å². The maximum absolute atomic E-state index is 12.0. The average molecular weight is 323 g/mol. The van der Waals surface area contributed by atoms with Crippen molar-refractivity contribution in [3.8, 4) is 11.5 Å². The molecule has 21 heavy (non-hydrogen) atoms. The van der Waals surface area contributed by atoms with E-state index in [-0.39, 0.29) is 18.0 Å². The van der Waals surface area contributed by atoms with Crippen LogP contribution in [0.25, 0.3) is 0 Å². The summed E-state index contributed by atoms with van der Waals surface area (Å²) in [5.41, 5.74) is 2.63. The first-order valence-corrected chi connectivity index (χ1v) is 8.07. The topological polar surface area (TPSA) is 73.3 Å². The minimum absolute atomic E-state index is 0.0344. The van der Waals surface area contributed by atoms with E-state index in [0.717, 1.165) is 21.4 Å². The van der Waals surface area contributed by atoms with Gasteiger partial charge in [0.2, 0.25) is 12.7 Å². The van der Waals surface area contributed by atoms with Gasteiger partial charge < -0.3 is 14.8 Å². The fourth-order valence-electron chi connectivity index (χ4n) is 1.80. The number of thioether (sulfide) groups is 1. The second-order valence-corrected chi connectivity index (χ2v) is 6.79. The smallest absolute Gasteiger partial charge is 0.233 e. The number of nitrogens with one attached hydrogen (secondary N) is 1. The Balaban J connectivity index is 1.53. The van der Waals surface area contributed by atoms with Crippen LogP contribution in [0, 0.1) is 0 Å². The molecule has 2 heterocycles. The van der Waals surface area contributed by atoms with Crippen molar-refractivity contribution in [1.82, 2.24) is 15.5 Å². The number of hydrogen-bond acceptors (Lipinski definition) is 7. The quantitative estimate of drug-likeness (QED) is 0.849. The fraction of sp³-hybridized carbons (Fsp3) is 0.308. The van der Waals surface area contributed by atoms with Crippen molar-refractivity contribution in [2.24, 2.45) is 0 Å². The van der Waals surface area contributed by atoms with Gasteiger partial charge in [0.05, 0.1) is 5.25 Å². The van der Waals surface area contributed by atoms with E-state index in [9.17, 15) is 4.79 Å². The van der Waals surface area contributed by atoms with Crippen molar-refractivity contribution < 1.29 is 14.3 Å². The molecular formula is C13H13N3O3S2. The highest BCUT2D eigenvalue weighted by Gasteiger charge is 2.17. The van der Waals surface area contributed by atoms with E-state index < -0.39 is 0 Å². The number of aromatic nitrogens is 2. The van der Waals surface area contributed by atoms with Crippen LogP contribution in [0.4, 0.5) is 0 Å². The van der Waals surface area contributed by atoms with Gasteiger partial charge in [-0.1, -0.05) is 29.2 Å². The summed E-state index contributed by atoms with van der Waals surface area (Å²) in [4.78, 5) is 12.0. The zero-order chi connectivity index (χ0) is 14.7. The van der Waals surface area contributed by atoms with Crippen LogP contribution >= 0.6 is 23.1 Å². The number of ether oxygens (including phenoxy) is 2. The van der Waals surface area contributed by atoms with Crippen molar-refractivity contribution in [2.45, 2.75) is 23.1 Å². The first kappa shape index (κ1) is 14.2. The number of carbonyl (C=O) groups is 1. The zero-order valence-corrected chi connectivity index (χ0v) is 12.9. The van der Waals surface area contributed by atoms with Gasteiger partial charge in [0, 0.05) is 6.54 Å². The van der Waals surface area contributed by atoms with Gasteiger partial charge in [0.15, 0.2) is 15.8 Å². The number of amides is 1. The van der Waals surface area contributed by atoms with E-state index in [1.165, 1.54) is 23.1 Å². The fourth-order valence-corrected chi connectivity index (χ4v) is 3.45. The van der Waals surface area contributed by atoms with E-state index in [1.54, 1.807) is 5.51 Å².